The largest absolute Gasteiger partial charge is 0.366 e. The molecular weight excluding hydrogens is 334 g/mol. The van der Waals surface area contributed by atoms with Gasteiger partial charge in [-0.15, -0.1) is 0 Å². The number of benzene rings is 3. The molecule has 1 aromatic heterocycles. The van der Waals surface area contributed by atoms with E-state index in [9.17, 15) is 4.79 Å². The third kappa shape index (κ3) is 2.84. The standard InChI is InChI=1S/C23H19N3O/c1-2-15-10-11-18-21(12-15)26(14-17-8-6-16(13-24)7-9-17)20-5-3-4-19(22(18)20)23(25)27/h3-12H,2,14H2,1H3,(H2,25,27). The maximum absolute atomic E-state index is 12.0. The molecule has 4 rings (SSSR count). The number of primary amides is 1. The summed E-state index contributed by atoms with van der Waals surface area (Å²) < 4.78 is 2.22. The van der Waals surface area contributed by atoms with E-state index in [1.165, 1.54) is 5.56 Å². The average molecular weight is 353 g/mol. The van der Waals surface area contributed by atoms with Crippen molar-refractivity contribution >= 4 is 27.7 Å². The quantitative estimate of drug-likeness (QED) is 0.591. The van der Waals surface area contributed by atoms with E-state index < -0.39 is 5.91 Å². The number of hydrogen-bond donors (Lipinski definition) is 1. The molecule has 4 nitrogen and oxygen atoms in total. The normalized spacial score (nSPS) is 11.0. The van der Waals surface area contributed by atoms with Crippen molar-refractivity contribution in [2.45, 2.75) is 19.9 Å². The molecule has 0 unspecified atom stereocenters. The van der Waals surface area contributed by atoms with Crippen LogP contribution in [-0.4, -0.2) is 10.5 Å². The van der Waals surface area contributed by atoms with Crippen LogP contribution in [0, 0.1) is 11.3 Å². The molecule has 4 heteroatoms. The highest BCUT2D eigenvalue weighted by Crippen LogP contribution is 2.33. The Morgan fingerprint density at radius 3 is 2.44 bits per heavy atom. The second-order valence-electron chi connectivity index (χ2n) is 6.66. The van der Waals surface area contributed by atoms with Crippen molar-refractivity contribution in [2.24, 2.45) is 5.73 Å². The molecule has 0 bridgehead atoms. The van der Waals surface area contributed by atoms with Crippen LogP contribution in [0.1, 0.15) is 34.0 Å². The van der Waals surface area contributed by atoms with E-state index >= 15 is 0 Å². The first-order chi connectivity index (χ1) is 13.1. The predicted octanol–water partition coefficient (Wildman–Crippen LogP) is 4.38. The fourth-order valence-corrected chi connectivity index (χ4v) is 3.65. The van der Waals surface area contributed by atoms with Gasteiger partial charge in [0.05, 0.1) is 17.1 Å². The lowest BCUT2D eigenvalue weighted by Gasteiger charge is -2.09. The van der Waals surface area contributed by atoms with Crippen LogP contribution >= 0.6 is 0 Å². The van der Waals surface area contributed by atoms with Gasteiger partial charge in [0.2, 0.25) is 5.91 Å². The molecule has 1 amide bonds. The number of nitrogens with two attached hydrogens (primary N) is 1. The lowest BCUT2D eigenvalue weighted by atomic mass is 10.0. The van der Waals surface area contributed by atoms with E-state index in [-0.39, 0.29) is 0 Å². The van der Waals surface area contributed by atoms with Crippen molar-refractivity contribution in [1.82, 2.24) is 4.57 Å². The Labute approximate surface area is 157 Å². The highest BCUT2D eigenvalue weighted by Gasteiger charge is 2.16. The summed E-state index contributed by atoms with van der Waals surface area (Å²) in [6.07, 6.45) is 0.941. The van der Waals surface area contributed by atoms with E-state index in [2.05, 4.69) is 35.8 Å². The summed E-state index contributed by atoms with van der Waals surface area (Å²) in [4.78, 5) is 12.0. The summed E-state index contributed by atoms with van der Waals surface area (Å²) in [6, 6.07) is 21.8. The summed E-state index contributed by atoms with van der Waals surface area (Å²) in [5.74, 6) is -0.419. The fourth-order valence-electron chi connectivity index (χ4n) is 3.65. The summed E-state index contributed by atoms with van der Waals surface area (Å²) in [5, 5.41) is 10.9. The molecule has 2 N–H and O–H groups in total. The van der Waals surface area contributed by atoms with Gasteiger partial charge in [-0.05, 0) is 47.9 Å². The van der Waals surface area contributed by atoms with Crippen LogP contribution < -0.4 is 5.73 Å². The number of aromatic nitrogens is 1. The summed E-state index contributed by atoms with van der Waals surface area (Å²) >= 11 is 0. The van der Waals surface area contributed by atoms with Crippen molar-refractivity contribution in [3.63, 3.8) is 0 Å². The Morgan fingerprint density at radius 2 is 1.78 bits per heavy atom. The van der Waals surface area contributed by atoms with Gasteiger partial charge in [-0.2, -0.15) is 5.26 Å². The Bertz CT molecular complexity index is 1210. The van der Waals surface area contributed by atoms with Gasteiger partial charge in [0.15, 0.2) is 0 Å². The van der Waals surface area contributed by atoms with Crippen LogP contribution in [0.15, 0.2) is 60.7 Å². The molecule has 132 valence electrons. The van der Waals surface area contributed by atoms with Gasteiger partial charge in [0.1, 0.15) is 0 Å². The SMILES string of the molecule is CCc1ccc2c3c(C(N)=O)cccc3n(Cc3ccc(C#N)cc3)c2c1. The summed E-state index contributed by atoms with van der Waals surface area (Å²) in [5.41, 5.74) is 11.2. The number of fused-ring (bicyclic) bond motifs is 3. The zero-order valence-corrected chi connectivity index (χ0v) is 15.1. The van der Waals surface area contributed by atoms with Crippen LogP contribution in [-0.2, 0) is 13.0 Å². The minimum absolute atomic E-state index is 0.419. The number of carbonyl (C=O) groups excluding carboxylic acids is 1. The molecule has 1 heterocycles. The molecule has 0 aliphatic heterocycles. The first kappa shape index (κ1) is 16.9. The molecule has 0 atom stereocenters. The first-order valence-electron chi connectivity index (χ1n) is 8.95. The smallest absolute Gasteiger partial charge is 0.249 e. The van der Waals surface area contributed by atoms with Gasteiger partial charge in [0.25, 0.3) is 0 Å². The molecule has 0 saturated heterocycles. The van der Waals surface area contributed by atoms with Crippen LogP contribution in [0.3, 0.4) is 0 Å². The first-order valence-corrected chi connectivity index (χ1v) is 8.95. The van der Waals surface area contributed by atoms with Crippen molar-refractivity contribution < 1.29 is 4.79 Å². The lowest BCUT2D eigenvalue weighted by molar-refractivity contribution is 0.100. The lowest BCUT2D eigenvalue weighted by Crippen LogP contribution is -2.11. The van der Waals surface area contributed by atoms with Crippen LogP contribution in [0.5, 0.6) is 0 Å². The van der Waals surface area contributed by atoms with E-state index in [4.69, 9.17) is 11.0 Å². The second-order valence-corrected chi connectivity index (χ2v) is 6.66. The maximum Gasteiger partial charge on any atom is 0.249 e. The molecular formula is C23H19N3O. The fraction of sp³-hybridized carbons (Fsp3) is 0.130. The van der Waals surface area contributed by atoms with Crippen LogP contribution in [0.25, 0.3) is 21.8 Å². The van der Waals surface area contributed by atoms with E-state index in [0.717, 1.165) is 33.8 Å². The molecule has 3 aromatic carbocycles. The van der Waals surface area contributed by atoms with Crippen molar-refractivity contribution in [3.05, 3.63) is 82.9 Å². The van der Waals surface area contributed by atoms with Crippen molar-refractivity contribution in [2.75, 3.05) is 0 Å². The van der Waals surface area contributed by atoms with E-state index in [1.54, 1.807) is 6.07 Å². The number of hydrogen-bond acceptors (Lipinski definition) is 2. The molecule has 0 aliphatic rings. The minimum Gasteiger partial charge on any atom is -0.366 e. The maximum atomic E-state index is 12.0. The average Bonchev–Trinajstić information content (AvgIpc) is 3.01. The monoisotopic (exact) mass is 353 g/mol. The summed E-state index contributed by atoms with van der Waals surface area (Å²) in [7, 11) is 0. The van der Waals surface area contributed by atoms with Gasteiger partial charge < -0.3 is 10.3 Å². The predicted molar refractivity (Wildman–Crippen MR) is 108 cm³/mol. The molecule has 0 saturated carbocycles. The van der Waals surface area contributed by atoms with Gasteiger partial charge in [0, 0.05) is 28.4 Å². The molecule has 0 spiro atoms. The summed E-state index contributed by atoms with van der Waals surface area (Å²) in [6.45, 7) is 2.78. The number of amides is 1. The number of nitrogens with zero attached hydrogens (tertiary/aromatic N) is 2. The molecule has 27 heavy (non-hydrogen) atoms. The highest BCUT2D eigenvalue weighted by molar-refractivity contribution is 6.17. The molecule has 0 fully saturated rings. The Kier molecular flexibility index (Phi) is 4.13. The van der Waals surface area contributed by atoms with Crippen LogP contribution in [0.4, 0.5) is 0 Å². The minimum atomic E-state index is -0.419. The number of rotatable bonds is 4. The number of aryl methyl sites for hydroxylation is 1. The van der Waals surface area contributed by atoms with Gasteiger partial charge in [-0.3, -0.25) is 4.79 Å². The highest BCUT2D eigenvalue weighted by atomic mass is 16.1. The number of carbonyl (C=O) groups is 1. The van der Waals surface area contributed by atoms with Gasteiger partial charge in [-0.1, -0.05) is 37.3 Å². The van der Waals surface area contributed by atoms with E-state index in [1.807, 2.05) is 36.4 Å². The van der Waals surface area contributed by atoms with Crippen molar-refractivity contribution in [1.29, 1.82) is 5.26 Å². The molecule has 0 aliphatic carbocycles. The van der Waals surface area contributed by atoms with Gasteiger partial charge >= 0.3 is 0 Å². The Hall–Kier alpha value is -3.58. The van der Waals surface area contributed by atoms with Crippen molar-refractivity contribution in [3.8, 4) is 6.07 Å². The Morgan fingerprint density at radius 1 is 1.04 bits per heavy atom. The zero-order valence-electron chi connectivity index (χ0n) is 15.1. The number of nitriles is 1. The van der Waals surface area contributed by atoms with E-state index in [0.29, 0.717) is 17.7 Å². The Balaban J connectivity index is 1.99. The third-order valence-electron chi connectivity index (χ3n) is 5.05. The zero-order chi connectivity index (χ0) is 19.0. The van der Waals surface area contributed by atoms with Gasteiger partial charge in [-0.25, -0.2) is 0 Å². The third-order valence-corrected chi connectivity index (χ3v) is 5.05. The topological polar surface area (TPSA) is 71.8 Å². The molecule has 4 aromatic rings. The molecule has 0 radical (unpaired) electrons. The second kappa shape index (κ2) is 6.62. The van der Waals surface area contributed by atoms with Crippen LogP contribution in [0.2, 0.25) is 0 Å².